The summed E-state index contributed by atoms with van der Waals surface area (Å²) in [4.78, 5) is 33.1. The number of para-hydroxylation sites is 1. The summed E-state index contributed by atoms with van der Waals surface area (Å²) in [5, 5.41) is 1.50. The first-order valence-corrected chi connectivity index (χ1v) is 9.14. The zero-order chi connectivity index (χ0) is 19.5. The number of aryl methyl sites for hydroxylation is 1. The Morgan fingerprint density at radius 3 is 2.79 bits per heavy atom. The fraction of sp³-hybridized carbons (Fsp3) is 0.143. The van der Waals surface area contributed by atoms with Crippen LogP contribution in [0.1, 0.15) is 17.8 Å². The molecule has 0 aliphatic carbocycles. The molecule has 0 spiro atoms. The maximum absolute atomic E-state index is 12.1. The average molecular weight is 394 g/mol. The zero-order valence-corrected chi connectivity index (χ0v) is 15.6. The van der Waals surface area contributed by atoms with E-state index in [0.717, 1.165) is 16.6 Å². The maximum Gasteiger partial charge on any atom is 0.306 e. The number of nitrogens with zero attached hydrogens (tertiary/aromatic N) is 3. The van der Waals surface area contributed by atoms with Gasteiger partial charge in [-0.15, -0.1) is 0 Å². The average Bonchev–Trinajstić information content (AvgIpc) is 2.71. The second kappa shape index (κ2) is 7.78. The summed E-state index contributed by atoms with van der Waals surface area (Å²) in [6, 6.07) is 16.3. The van der Waals surface area contributed by atoms with E-state index >= 15 is 0 Å². The Morgan fingerprint density at radius 2 is 1.89 bits per heavy atom. The number of halogens is 1. The Kier molecular flexibility index (Phi) is 5.04. The molecule has 7 heteroatoms. The normalized spacial score (nSPS) is 11.0. The molecule has 0 bridgehead atoms. The quantitative estimate of drug-likeness (QED) is 0.484. The first-order valence-electron chi connectivity index (χ1n) is 8.77. The van der Waals surface area contributed by atoms with Crippen LogP contribution in [0, 0.1) is 0 Å². The van der Waals surface area contributed by atoms with E-state index in [9.17, 15) is 9.59 Å². The number of carbonyl (C=O) groups excluding carboxylic acids is 1. The molecule has 0 unspecified atom stereocenters. The molecule has 3 heterocycles. The second-order valence-electron chi connectivity index (χ2n) is 6.32. The standard InChI is InChI=1S/C21H16ClN3O3/c22-15-6-9-19-24-17(11-20(26)25(19)12-15)13-28-21(27)10-8-16-7-5-14-3-1-2-4-18(14)23-16/h1-7,9,11-12H,8,10,13H2. The van der Waals surface area contributed by atoms with Crippen LogP contribution in [0.25, 0.3) is 16.6 Å². The summed E-state index contributed by atoms with van der Waals surface area (Å²) in [5.41, 5.74) is 2.29. The lowest BCUT2D eigenvalue weighted by molar-refractivity contribution is -0.145. The van der Waals surface area contributed by atoms with Crippen molar-refractivity contribution < 1.29 is 9.53 Å². The van der Waals surface area contributed by atoms with Crippen molar-refractivity contribution in [1.29, 1.82) is 0 Å². The predicted octanol–water partition coefficient (Wildman–Crippen LogP) is 3.57. The summed E-state index contributed by atoms with van der Waals surface area (Å²) in [6.45, 7) is -0.0572. The Labute approximate surface area is 165 Å². The monoisotopic (exact) mass is 393 g/mol. The van der Waals surface area contributed by atoms with Gasteiger partial charge in [0.1, 0.15) is 12.3 Å². The van der Waals surface area contributed by atoms with E-state index in [0.29, 0.717) is 22.8 Å². The van der Waals surface area contributed by atoms with Crippen molar-refractivity contribution in [2.45, 2.75) is 19.4 Å². The van der Waals surface area contributed by atoms with Crippen LogP contribution in [-0.4, -0.2) is 20.3 Å². The van der Waals surface area contributed by atoms with Gasteiger partial charge in [0.05, 0.1) is 22.7 Å². The third-order valence-corrected chi connectivity index (χ3v) is 4.52. The van der Waals surface area contributed by atoms with E-state index in [1.54, 1.807) is 12.1 Å². The molecule has 3 aromatic heterocycles. The number of rotatable bonds is 5. The van der Waals surface area contributed by atoms with Gasteiger partial charge in [-0.2, -0.15) is 0 Å². The van der Waals surface area contributed by atoms with Gasteiger partial charge in [0.15, 0.2) is 0 Å². The Balaban J connectivity index is 1.38. The number of ether oxygens (including phenoxy) is 1. The first kappa shape index (κ1) is 18.1. The molecule has 1 aromatic carbocycles. The smallest absolute Gasteiger partial charge is 0.306 e. The highest BCUT2D eigenvalue weighted by atomic mass is 35.5. The highest BCUT2D eigenvalue weighted by molar-refractivity contribution is 6.30. The molecule has 0 saturated carbocycles. The van der Waals surface area contributed by atoms with Crippen molar-refractivity contribution in [3.8, 4) is 0 Å². The van der Waals surface area contributed by atoms with Crippen LogP contribution in [0.4, 0.5) is 0 Å². The molecule has 0 N–H and O–H groups in total. The van der Waals surface area contributed by atoms with E-state index in [2.05, 4.69) is 9.97 Å². The van der Waals surface area contributed by atoms with Crippen LogP contribution < -0.4 is 5.56 Å². The van der Waals surface area contributed by atoms with Gasteiger partial charge < -0.3 is 4.74 Å². The van der Waals surface area contributed by atoms with Crippen molar-refractivity contribution >= 4 is 34.1 Å². The van der Waals surface area contributed by atoms with Crippen LogP contribution in [0.3, 0.4) is 0 Å². The number of aromatic nitrogens is 3. The Hall–Kier alpha value is -3.25. The van der Waals surface area contributed by atoms with Gasteiger partial charge >= 0.3 is 5.97 Å². The summed E-state index contributed by atoms with van der Waals surface area (Å²) in [7, 11) is 0. The van der Waals surface area contributed by atoms with Gasteiger partial charge in [0.2, 0.25) is 0 Å². The van der Waals surface area contributed by atoms with Gasteiger partial charge in [-0.3, -0.25) is 19.0 Å². The van der Waals surface area contributed by atoms with Crippen LogP contribution in [-0.2, 0) is 22.6 Å². The lowest BCUT2D eigenvalue weighted by atomic mass is 10.1. The third-order valence-electron chi connectivity index (χ3n) is 4.30. The van der Waals surface area contributed by atoms with E-state index in [4.69, 9.17) is 16.3 Å². The fourth-order valence-corrected chi connectivity index (χ4v) is 3.06. The summed E-state index contributed by atoms with van der Waals surface area (Å²) in [5.74, 6) is -0.368. The molecule has 0 fully saturated rings. The topological polar surface area (TPSA) is 73.6 Å². The molecule has 0 saturated heterocycles. The minimum absolute atomic E-state index is 0.0572. The van der Waals surface area contributed by atoms with E-state index in [1.165, 1.54) is 16.7 Å². The van der Waals surface area contributed by atoms with Gasteiger partial charge in [-0.05, 0) is 24.3 Å². The van der Waals surface area contributed by atoms with Crippen molar-refractivity contribution in [3.05, 3.63) is 87.6 Å². The highest BCUT2D eigenvalue weighted by Crippen LogP contribution is 2.13. The number of hydrogen-bond donors (Lipinski definition) is 0. The van der Waals surface area contributed by atoms with Crippen molar-refractivity contribution in [1.82, 2.24) is 14.4 Å². The Bertz CT molecular complexity index is 1240. The van der Waals surface area contributed by atoms with E-state index in [1.807, 2.05) is 36.4 Å². The van der Waals surface area contributed by atoms with Crippen molar-refractivity contribution in [3.63, 3.8) is 0 Å². The fourth-order valence-electron chi connectivity index (χ4n) is 2.90. The number of pyridine rings is 2. The molecule has 140 valence electrons. The third kappa shape index (κ3) is 4.02. The molecular formula is C21H16ClN3O3. The number of carbonyl (C=O) groups is 1. The van der Waals surface area contributed by atoms with Crippen LogP contribution in [0.5, 0.6) is 0 Å². The number of benzene rings is 1. The van der Waals surface area contributed by atoms with Gasteiger partial charge in [0, 0.05) is 29.8 Å². The van der Waals surface area contributed by atoms with Gasteiger partial charge in [-0.25, -0.2) is 4.98 Å². The zero-order valence-electron chi connectivity index (χ0n) is 14.8. The summed E-state index contributed by atoms with van der Waals surface area (Å²) < 4.78 is 6.61. The molecule has 6 nitrogen and oxygen atoms in total. The number of hydrogen-bond acceptors (Lipinski definition) is 5. The SMILES string of the molecule is O=C(CCc1ccc2ccccc2n1)OCc1cc(=O)n2cc(Cl)ccc2n1. The minimum Gasteiger partial charge on any atom is -0.459 e. The molecular weight excluding hydrogens is 378 g/mol. The molecule has 0 radical (unpaired) electrons. The van der Waals surface area contributed by atoms with Gasteiger partial charge in [0.25, 0.3) is 5.56 Å². The van der Waals surface area contributed by atoms with Crippen LogP contribution in [0.2, 0.25) is 5.02 Å². The summed E-state index contributed by atoms with van der Waals surface area (Å²) >= 11 is 5.89. The molecule has 0 aliphatic heterocycles. The molecule has 0 amide bonds. The van der Waals surface area contributed by atoms with E-state index < -0.39 is 0 Å². The largest absolute Gasteiger partial charge is 0.459 e. The molecule has 0 atom stereocenters. The van der Waals surface area contributed by atoms with Crippen LogP contribution >= 0.6 is 11.6 Å². The lowest BCUT2D eigenvalue weighted by Gasteiger charge is -2.07. The molecule has 4 rings (SSSR count). The van der Waals surface area contributed by atoms with E-state index in [-0.39, 0.29) is 24.6 Å². The minimum atomic E-state index is -0.368. The predicted molar refractivity (Wildman–Crippen MR) is 106 cm³/mol. The molecule has 4 aromatic rings. The molecule has 28 heavy (non-hydrogen) atoms. The second-order valence-corrected chi connectivity index (χ2v) is 6.75. The lowest BCUT2D eigenvalue weighted by Crippen LogP contribution is -2.16. The highest BCUT2D eigenvalue weighted by Gasteiger charge is 2.08. The number of fused-ring (bicyclic) bond motifs is 2. The maximum atomic E-state index is 12.1. The molecule has 0 aliphatic rings. The Morgan fingerprint density at radius 1 is 1.04 bits per heavy atom. The first-order chi connectivity index (χ1) is 13.6. The van der Waals surface area contributed by atoms with Gasteiger partial charge in [-0.1, -0.05) is 35.9 Å². The summed E-state index contributed by atoms with van der Waals surface area (Å²) in [6.07, 6.45) is 2.18. The van der Waals surface area contributed by atoms with Crippen molar-refractivity contribution in [2.75, 3.05) is 0 Å². The van der Waals surface area contributed by atoms with Crippen LogP contribution in [0.15, 0.2) is 65.6 Å². The number of esters is 1. The van der Waals surface area contributed by atoms with Crippen molar-refractivity contribution in [2.24, 2.45) is 0 Å².